The number of benzene rings is 2. The minimum Gasteiger partial charge on any atom is -0.464 e. The molecule has 0 amide bonds. The molecule has 0 saturated carbocycles. The van der Waals surface area contributed by atoms with Crippen molar-refractivity contribution in [2.45, 2.75) is 6.92 Å². The quantitative estimate of drug-likeness (QED) is 0.698. The first-order valence-electron chi connectivity index (χ1n) is 6.18. The zero-order valence-electron chi connectivity index (χ0n) is 10.8. The van der Waals surface area contributed by atoms with E-state index in [4.69, 9.17) is 11.6 Å². The van der Waals surface area contributed by atoms with Gasteiger partial charge in [-0.15, -0.1) is 0 Å². The molecule has 0 saturated heterocycles. The maximum Gasteiger partial charge on any atom is 0.416 e. The second kappa shape index (κ2) is 4.69. The van der Waals surface area contributed by atoms with Crippen LogP contribution in [0.4, 0.5) is 4.79 Å². The van der Waals surface area contributed by atoms with Gasteiger partial charge in [0.2, 0.25) is 0 Å². The van der Waals surface area contributed by atoms with Gasteiger partial charge in [0, 0.05) is 22.2 Å². The van der Waals surface area contributed by atoms with Gasteiger partial charge in [0.1, 0.15) is 0 Å². The molecule has 1 aromatic heterocycles. The number of nitrogens with zero attached hydrogens (tertiary/aromatic N) is 1. The van der Waals surface area contributed by atoms with Crippen LogP contribution >= 0.6 is 11.6 Å². The van der Waals surface area contributed by atoms with Crippen LogP contribution in [0.5, 0.6) is 0 Å². The van der Waals surface area contributed by atoms with Gasteiger partial charge in [-0.3, -0.25) is 4.57 Å². The van der Waals surface area contributed by atoms with Crippen molar-refractivity contribution in [2.24, 2.45) is 0 Å². The van der Waals surface area contributed by atoms with Crippen LogP contribution in [0.1, 0.15) is 5.56 Å². The summed E-state index contributed by atoms with van der Waals surface area (Å²) >= 11 is 6.02. The van der Waals surface area contributed by atoms with Gasteiger partial charge in [-0.2, -0.15) is 0 Å². The Bertz CT molecular complexity index is 820. The highest BCUT2D eigenvalue weighted by molar-refractivity contribution is 6.30. The molecule has 0 bridgehead atoms. The molecule has 0 unspecified atom stereocenters. The maximum atomic E-state index is 11.4. The number of halogens is 1. The highest BCUT2D eigenvalue weighted by Gasteiger charge is 2.15. The van der Waals surface area contributed by atoms with Crippen LogP contribution in [-0.4, -0.2) is 15.8 Å². The Hall–Kier alpha value is -2.26. The molecule has 0 aliphatic rings. The monoisotopic (exact) mass is 285 g/mol. The molecule has 1 heterocycles. The van der Waals surface area contributed by atoms with Crippen molar-refractivity contribution in [3.05, 3.63) is 59.2 Å². The van der Waals surface area contributed by atoms with Gasteiger partial charge in [-0.1, -0.05) is 41.9 Å². The molecule has 0 spiro atoms. The van der Waals surface area contributed by atoms with Crippen LogP contribution in [-0.2, 0) is 0 Å². The van der Waals surface area contributed by atoms with E-state index in [9.17, 15) is 9.90 Å². The first-order valence-corrected chi connectivity index (χ1v) is 6.55. The summed E-state index contributed by atoms with van der Waals surface area (Å²) in [5.74, 6) is 0. The maximum absolute atomic E-state index is 11.4. The van der Waals surface area contributed by atoms with E-state index < -0.39 is 6.09 Å². The van der Waals surface area contributed by atoms with Crippen LogP contribution in [0.25, 0.3) is 22.0 Å². The summed E-state index contributed by atoms with van der Waals surface area (Å²) in [6.45, 7) is 1.91. The molecule has 0 atom stereocenters. The predicted octanol–water partition coefficient (Wildman–Crippen LogP) is 4.80. The van der Waals surface area contributed by atoms with E-state index in [-0.39, 0.29) is 0 Å². The van der Waals surface area contributed by atoms with E-state index in [0.29, 0.717) is 5.02 Å². The second-order valence-corrected chi connectivity index (χ2v) is 5.11. The third-order valence-electron chi connectivity index (χ3n) is 3.37. The number of hydrogen-bond donors (Lipinski definition) is 1. The summed E-state index contributed by atoms with van der Waals surface area (Å²) < 4.78 is 1.26. The number of carboxylic acid groups (broad SMARTS) is 1. The van der Waals surface area contributed by atoms with Crippen molar-refractivity contribution in [1.82, 2.24) is 4.57 Å². The molecule has 4 heteroatoms. The van der Waals surface area contributed by atoms with Crippen molar-refractivity contribution in [3.63, 3.8) is 0 Å². The zero-order chi connectivity index (χ0) is 14.3. The molecule has 3 rings (SSSR count). The Morgan fingerprint density at radius 3 is 2.65 bits per heavy atom. The largest absolute Gasteiger partial charge is 0.464 e. The normalized spacial score (nSPS) is 10.9. The predicted molar refractivity (Wildman–Crippen MR) is 80.5 cm³/mol. The van der Waals surface area contributed by atoms with Crippen molar-refractivity contribution >= 4 is 28.6 Å². The first-order chi connectivity index (χ1) is 9.58. The summed E-state index contributed by atoms with van der Waals surface area (Å²) in [5, 5.41) is 10.9. The van der Waals surface area contributed by atoms with Crippen LogP contribution < -0.4 is 0 Å². The fourth-order valence-corrected chi connectivity index (χ4v) is 2.69. The van der Waals surface area contributed by atoms with Crippen LogP contribution in [0.3, 0.4) is 0 Å². The topological polar surface area (TPSA) is 42.2 Å². The van der Waals surface area contributed by atoms with Crippen molar-refractivity contribution in [3.8, 4) is 11.1 Å². The van der Waals surface area contributed by atoms with Gasteiger partial charge >= 0.3 is 6.09 Å². The van der Waals surface area contributed by atoms with Gasteiger partial charge in [-0.25, -0.2) is 4.79 Å². The molecule has 0 radical (unpaired) electrons. The number of para-hydroxylation sites is 1. The Morgan fingerprint density at radius 2 is 1.95 bits per heavy atom. The summed E-state index contributed by atoms with van der Waals surface area (Å²) in [4.78, 5) is 11.4. The number of rotatable bonds is 1. The molecule has 1 N–H and O–H groups in total. The van der Waals surface area contributed by atoms with Gasteiger partial charge in [0.25, 0.3) is 0 Å². The van der Waals surface area contributed by atoms with Gasteiger partial charge in [0.05, 0.1) is 5.52 Å². The first kappa shape index (κ1) is 12.8. The third kappa shape index (κ3) is 1.96. The minimum absolute atomic E-state index is 0.631. The fraction of sp³-hybridized carbons (Fsp3) is 0.0625. The number of fused-ring (bicyclic) bond motifs is 1. The standard InChI is InChI=1S/C16H12ClNO2/c1-10-4-2-7-13-14(9-18(15(10)13)16(19)20)11-5-3-6-12(17)8-11/h2-9H,1H3,(H,19,20). The number of carbonyl (C=O) groups is 1. The highest BCUT2D eigenvalue weighted by Crippen LogP contribution is 2.33. The zero-order valence-corrected chi connectivity index (χ0v) is 11.6. The van der Waals surface area contributed by atoms with Gasteiger partial charge in [0.15, 0.2) is 0 Å². The van der Waals surface area contributed by atoms with Crippen molar-refractivity contribution in [1.29, 1.82) is 0 Å². The highest BCUT2D eigenvalue weighted by atomic mass is 35.5. The fourth-order valence-electron chi connectivity index (χ4n) is 2.50. The van der Waals surface area contributed by atoms with Crippen molar-refractivity contribution < 1.29 is 9.90 Å². The van der Waals surface area contributed by atoms with E-state index in [1.165, 1.54) is 4.57 Å². The molecule has 100 valence electrons. The Balaban J connectivity index is 2.38. The number of aromatic nitrogens is 1. The molecule has 0 aliphatic heterocycles. The lowest BCUT2D eigenvalue weighted by molar-refractivity contribution is 0.197. The Labute approximate surface area is 121 Å². The second-order valence-electron chi connectivity index (χ2n) is 4.68. The Morgan fingerprint density at radius 1 is 1.20 bits per heavy atom. The number of aryl methyl sites for hydroxylation is 1. The SMILES string of the molecule is Cc1cccc2c(-c3cccc(Cl)c3)cn(C(=O)O)c12. The molecule has 3 nitrogen and oxygen atoms in total. The molecule has 0 aliphatic carbocycles. The molecular weight excluding hydrogens is 274 g/mol. The van der Waals surface area contributed by atoms with Crippen molar-refractivity contribution in [2.75, 3.05) is 0 Å². The lowest BCUT2D eigenvalue weighted by atomic mass is 10.0. The summed E-state index contributed by atoms with van der Waals surface area (Å²) in [6.07, 6.45) is 0.656. The van der Waals surface area contributed by atoms with Crippen LogP contribution in [0.2, 0.25) is 5.02 Å². The summed E-state index contributed by atoms with van der Waals surface area (Å²) in [5.41, 5.74) is 3.43. The molecule has 2 aromatic carbocycles. The van der Waals surface area contributed by atoms with E-state index >= 15 is 0 Å². The average molecular weight is 286 g/mol. The lowest BCUT2D eigenvalue weighted by Gasteiger charge is -2.01. The molecular formula is C16H12ClNO2. The molecule has 0 fully saturated rings. The molecule has 20 heavy (non-hydrogen) atoms. The average Bonchev–Trinajstić information content (AvgIpc) is 2.80. The van der Waals surface area contributed by atoms with E-state index in [2.05, 4.69) is 0 Å². The summed E-state index contributed by atoms with van der Waals surface area (Å²) in [6, 6.07) is 13.2. The van der Waals surface area contributed by atoms with Gasteiger partial charge < -0.3 is 5.11 Å². The lowest BCUT2D eigenvalue weighted by Crippen LogP contribution is -2.06. The minimum atomic E-state index is -0.988. The Kier molecular flexibility index (Phi) is 2.99. The third-order valence-corrected chi connectivity index (χ3v) is 3.60. The van der Waals surface area contributed by atoms with Crippen LogP contribution in [0, 0.1) is 6.92 Å². The molecule has 3 aromatic rings. The van der Waals surface area contributed by atoms with E-state index in [1.54, 1.807) is 12.3 Å². The van der Waals surface area contributed by atoms with Gasteiger partial charge in [-0.05, 0) is 30.2 Å². The smallest absolute Gasteiger partial charge is 0.416 e. The number of hydrogen-bond acceptors (Lipinski definition) is 1. The summed E-state index contributed by atoms with van der Waals surface area (Å²) in [7, 11) is 0. The van der Waals surface area contributed by atoms with E-state index in [0.717, 1.165) is 27.6 Å². The van der Waals surface area contributed by atoms with E-state index in [1.807, 2.05) is 43.3 Å². The van der Waals surface area contributed by atoms with Crippen LogP contribution in [0.15, 0.2) is 48.7 Å².